The molecule has 2 aliphatic heterocycles. The van der Waals surface area contributed by atoms with Gasteiger partial charge in [-0.2, -0.15) is 0 Å². The molecule has 4 aromatic rings. The van der Waals surface area contributed by atoms with Gasteiger partial charge in [-0.15, -0.1) is 0 Å². The van der Waals surface area contributed by atoms with Crippen LogP contribution in [0.5, 0.6) is 0 Å². The van der Waals surface area contributed by atoms with Crippen LogP contribution in [0.1, 0.15) is 81.7 Å². The third-order valence-corrected chi connectivity index (χ3v) is 10.8. The summed E-state index contributed by atoms with van der Waals surface area (Å²) in [7, 11) is 7.89. The van der Waals surface area contributed by atoms with Crippen molar-refractivity contribution >= 4 is 40.8 Å². The normalized spacial score (nSPS) is 16.4. The molecule has 1 fully saturated rings. The van der Waals surface area contributed by atoms with E-state index in [1.54, 1.807) is 6.07 Å². The smallest absolute Gasteiger partial charge is 0.306 e. The summed E-state index contributed by atoms with van der Waals surface area (Å²) in [5.74, 6) is -0.444. The molecule has 12 nitrogen and oxygen atoms in total. The van der Waals surface area contributed by atoms with Crippen LogP contribution in [0.25, 0.3) is 11.1 Å². The van der Waals surface area contributed by atoms with Crippen molar-refractivity contribution in [1.29, 1.82) is 0 Å². The number of anilines is 2. The van der Waals surface area contributed by atoms with Crippen LogP contribution >= 0.6 is 11.6 Å². The third kappa shape index (κ3) is 7.73. The predicted octanol–water partition coefficient (Wildman–Crippen LogP) is 5.91. The first-order chi connectivity index (χ1) is 24.4. The van der Waals surface area contributed by atoms with Crippen LogP contribution in [0.4, 0.5) is 11.4 Å². The zero-order chi connectivity index (χ0) is 36.4. The molecule has 4 heterocycles. The Balaban J connectivity index is 0.000000435. The summed E-state index contributed by atoms with van der Waals surface area (Å²) in [6.45, 7) is 5.27. The number of carbonyl (C=O) groups is 3. The van der Waals surface area contributed by atoms with Crippen LogP contribution in [-0.2, 0) is 44.8 Å². The molecule has 51 heavy (non-hydrogen) atoms. The summed E-state index contributed by atoms with van der Waals surface area (Å²) in [6, 6.07) is 11.2. The number of nitrogens with zero attached hydrogens (tertiary/aromatic N) is 6. The predicted molar refractivity (Wildman–Crippen MR) is 198 cm³/mol. The van der Waals surface area contributed by atoms with Gasteiger partial charge in [0.1, 0.15) is 0 Å². The number of carboxylic acids is 1. The summed E-state index contributed by atoms with van der Waals surface area (Å²) >= 11 is 6.90. The fourth-order valence-corrected chi connectivity index (χ4v) is 7.60. The van der Waals surface area contributed by atoms with E-state index in [1.165, 1.54) is 6.42 Å². The molecule has 1 saturated carbocycles. The van der Waals surface area contributed by atoms with E-state index in [0.29, 0.717) is 28.0 Å². The van der Waals surface area contributed by atoms with Crippen LogP contribution in [0.2, 0.25) is 5.02 Å². The molecule has 270 valence electrons. The lowest BCUT2D eigenvalue weighted by Crippen LogP contribution is -2.27. The molecular weight excluding hydrogens is 668 g/mol. The third-order valence-electron chi connectivity index (χ3n) is 10.4. The number of benzene rings is 2. The summed E-state index contributed by atoms with van der Waals surface area (Å²) in [5.41, 5.74) is 7.70. The van der Waals surface area contributed by atoms with Crippen LogP contribution < -0.4 is 10.6 Å². The number of halogens is 1. The second-order valence-electron chi connectivity index (χ2n) is 14.0. The average Bonchev–Trinajstić information content (AvgIpc) is 3.62. The fraction of sp³-hybridized carbons (Fsp3) is 0.447. The van der Waals surface area contributed by atoms with Crippen molar-refractivity contribution in [3.05, 3.63) is 81.4 Å². The molecule has 0 bridgehead atoms. The number of carbonyl (C=O) groups excluding carboxylic acids is 2. The number of hydrogen-bond donors (Lipinski definition) is 3. The minimum absolute atomic E-state index is 0.0289. The molecule has 0 unspecified atom stereocenters. The van der Waals surface area contributed by atoms with E-state index in [1.807, 2.05) is 60.5 Å². The zero-order valence-electron chi connectivity index (χ0n) is 30.1. The highest BCUT2D eigenvalue weighted by molar-refractivity contribution is 6.36. The van der Waals surface area contributed by atoms with E-state index >= 15 is 0 Å². The highest BCUT2D eigenvalue weighted by Crippen LogP contribution is 2.38. The van der Waals surface area contributed by atoms with E-state index in [2.05, 4.69) is 44.5 Å². The van der Waals surface area contributed by atoms with Crippen LogP contribution in [0.15, 0.2) is 36.4 Å². The Labute approximate surface area is 303 Å². The van der Waals surface area contributed by atoms with Crippen LogP contribution in [-0.4, -0.2) is 79.0 Å². The van der Waals surface area contributed by atoms with E-state index in [-0.39, 0.29) is 17.7 Å². The lowest BCUT2D eigenvalue weighted by atomic mass is 9.90. The first kappa shape index (κ1) is 36.3. The maximum atomic E-state index is 13.3. The van der Waals surface area contributed by atoms with Gasteiger partial charge in [0.05, 0.1) is 28.0 Å². The van der Waals surface area contributed by atoms with Gasteiger partial charge in [0.2, 0.25) is 0 Å². The van der Waals surface area contributed by atoms with Gasteiger partial charge in [-0.3, -0.25) is 14.4 Å². The number of fused-ring (bicyclic) bond motifs is 2. The minimum Gasteiger partial charge on any atom is -0.481 e. The molecule has 2 aromatic carbocycles. The van der Waals surface area contributed by atoms with Gasteiger partial charge in [-0.25, -0.2) is 9.97 Å². The summed E-state index contributed by atoms with van der Waals surface area (Å²) < 4.78 is 3.78. The van der Waals surface area contributed by atoms with E-state index in [4.69, 9.17) is 16.7 Å². The second kappa shape index (κ2) is 15.4. The quantitative estimate of drug-likeness (QED) is 0.224. The van der Waals surface area contributed by atoms with Gasteiger partial charge < -0.3 is 34.7 Å². The Morgan fingerprint density at radius 1 is 0.745 bits per heavy atom. The number of imidazole rings is 2. The second-order valence-corrected chi connectivity index (χ2v) is 14.4. The molecule has 3 aliphatic rings. The van der Waals surface area contributed by atoms with E-state index < -0.39 is 5.97 Å². The summed E-state index contributed by atoms with van der Waals surface area (Å²) in [4.78, 5) is 50.7. The number of aromatic nitrogens is 4. The summed E-state index contributed by atoms with van der Waals surface area (Å²) in [6.07, 6.45) is 6.95. The van der Waals surface area contributed by atoms with Crippen molar-refractivity contribution in [2.45, 2.75) is 65.0 Å². The van der Waals surface area contributed by atoms with Crippen molar-refractivity contribution < 1.29 is 19.5 Å². The molecule has 2 amide bonds. The maximum absolute atomic E-state index is 13.3. The lowest BCUT2D eigenvalue weighted by Gasteiger charge is -2.21. The van der Waals surface area contributed by atoms with Crippen molar-refractivity contribution in [3.8, 4) is 11.1 Å². The SMILES string of the molecule is Cc1c(NC(=O)c2nc3c(n2C)CCN(C)C3)cccc1-c1cccc(NC(=O)c2nc3c(n2C)CCN(C)C3)c1Cl.O=C(O)C1CCCCC1. The van der Waals surface area contributed by atoms with Crippen LogP contribution in [0.3, 0.4) is 0 Å². The Morgan fingerprint density at radius 2 is 1.24 bits per heavy atom. The number of hydrogen-bond acceptors (Lipinski definition) is 7. The Morgan fingerprint density at radius 3 is 1.75 bits per heavy atom. The molecule has 3 N–H and O–H groups in total. The standard InChI is InChI=1S/C31H35ClN8O2.C7H12O2/c1-18-19(8-6-10-21(18)35-30(41)28-33-23-16-37(2)14-12-25(23)39(28)4)20-9-7-11-22(27(20)32)36-31(42)29-34-24-17-38(3)15-13-26(24)40(29)5;8-7(9)6-4-2-1-3-5-6/h6-11H,12-17H2,1-5H3,(H,35,41)(H,36,42);6H,1-5H2,(H,8,9). The van der Waals surface area contributed by atoms with Crippen molar-refractivity contribution in [2.75, 3.05) is 37.8 Å². The maximum Gasteiger partial charge on any atom is 0.306 e. The summed E-state index contributed by atoms with van der Waals surface area (Å²) in [5, 5.41) is 15.0. The van der Waals surface area contributed by atoms with Gasteiger partial charge in [-0.1, -0.05) is 55.1 Å². The molecule has 2 aromatic heterocycles. The lowest BCUT2D eigenvalue weighted by molar-refractivity contribution is -0.142. The van der Waals surface area contributed by atoms with Gasteiger partial charge in [-0.05, 0) is 57.1 Å². The molecule has 0 spiro atoms. The molecule has 1 aliphatic carbocycles. The van der Waals surface area contributed by atoms with Crippen molar-refractivity contribution in [2.24, 2.45) is 20.0 Å². The number of nitrogens with one attached hydrogen (secondary N) is 2. The Hall–Kier alpha value is -4.52. The van der Waals surface area contributed by atoms with Gasteiger partial charge in [0, 0.05) is 75.8 Å². The molecule has 13 heteroatoms. The molecule has 0 saturated heterocycles. The average molecular weight is 715 g/mol. The highest BCUT2D eigenvalue weighted by atomic mass is 35.5. The monoisotopic (exact) mass is 714 g/mol. The number of rotatable bonds is 6. The van der Waals surface area contributed by atoms with Gasteiger partial charge >= 0.3 is 5.97 Å². The van der Waals surface area contributed by atoms with Gasteiger partial charge in [0.15, 0.2) is 11.6 Å². The topological polar surface area (TPSA) is 138 Å². The van der Waals surface area contributed by atoms with Crippen molar-refractivity contribution in [3.63, 3.8) is 0 Å². The Kier molecular flexibility index (Phi) is 10.9. The minimum atomic E-state index is -0.602. The fourth-order valence-electron chi connectivity index (χ4n) is 7.33. The van der Waals surface area contributed by atoms with E-state index in [9.17, 15) is 14.4 Å². The molecule has 0 atom stereocenters. The molecule has 7 rings (SSSR count). The van der Waals surface area contributed by atoms with E-state index in [0.717, 1.165) is 104 Å². The Bertz CT molecular complexity index is 1840. The van der Waals surface area contributed by atoms with Crippen LogP contribution in [0, 0.1) is 12.8 Å². The highest BCUT2D eigenvalue weighted by Gasteiger charge is 2.26. The zero-order valence-corrected chi connectivity index (χ0v) is 30.8. The number of amides is 2. The number of carboxylic acid groups (broad SMARTS) is 1. The first-order valence-electron chi connectivity index (χ1n) is 17.6. The van der Waals surface area contributed by atoms with Gasteiger partial charge in [0.25, 0.3) is 11.8 Å². The number of aliphatic carboxylic acids is 1. The first-order valence-corrected chi connectivity index (χ1v) is 18.0. The number of likely N-dealkylation sites (N-methyl/N-ethyl adjacent to an activating group) is 2. The molecular formula is C38H47ClN8O4. The largest absolute Gasteiger partial charge is 0.481 e. The van der Waals surface area contributed by atoms with Crippen molar-refractivity contribution in [1.82, 2.24) is 28.9 Å². The molecule has 0 radical (unpaired) electrons.